The highest BCUT2D eigenvalue weighted by atomic mass is 35.5. The molecule has 1 aromatic rings. The molecule has 7 heteroatoms. The Morgan fingerprint density at radius 1 is 1.35 bits per heavy atom. The van der Waals surface area contributed by atoms with Gasteiger partial charge in [0.2, 0.25) is 0 Å². The molecular formula is C13H14ClNO5. The number of carbonyl (C=O) groups excluding carboxylic acids is 2. The van der Waals surface area contributed by atoms with Crippen molar-refractivity contribution in [2.75, 3.05) is 26.9 Å². The molecule has 1 N–H and O–H groups in total. The molecule has 0 atom stereocenters. The van der Waals surface area contributed by atoms with Crippen molar-refractivity contribution >= 4 is 23.5 Å². The highest BCUT2D eigenvalue weighted by molar-refractivity contribution is 6.32. The van der Waals surface area contributed by atoms with Crippen LogP contribution in [0.25, 0.3) is 0 Å². The number of halogens is 1. The molecular weight excluding hydrogens is 286 g/mol. The molecule has 1 aliphatic rings. The maximum atomic E-state index is 11.9. The lowest BCUT2D eigenvalue weighted by atomic mass is 10.1. The number of fused-ring (bicyclic) bond motifs is 1. The summed E-state index contributed by atoms with van der Waals surface area (Å²) in [6, 6.07) is 3.07. The molecule has 0 aromatic heterocycles. The molecule has 108 valence electrons. The van der Waals surface area contributed by atoms with E-state index in [4.69, 9.17) is 21.1 Å². The zero-order valence-corrected chi connectivity index (χ0v) is 11.7. The van der Waals surface area contributed by atoms with Crippen molar-refractivity contribution in [2.24, 2.45) is 0 Å². The lowest BCUT2D eigenvalue weighted by molar-refractivity contribution is -0.140. The summed E-state index contributed by atoms with van der Waals surface area (Å²) in [6.07, 6.45) is 0.112. The molecule has 0 unspecified atom stereocenters. The highest BCUT2D eigenvalue weighted by Gasteiger charge is 2.19. The number of hydrogen-bond acceptors (Lipinski definition) is 5. The predicted molar refractivity (Wildman–Crippen MR) is 71.4 cm³/mol. The first-order chi connectivity index (χ1) is 9.61. The van der Waals surface area contributed by atoms with E-state index in [9.17, 15) is 9.59 Å². The zero-order valence-electron chi connectivity index (χ0n) is 10.9. The minimum absolute atomic E-state index is 0.112. The van der Waals surface area contributed by atoms with E-state index in [-0.39, 0.29) is 24.8 Å². The van der Waals surface area contributed by atoms with E-state index in [1.165, 1.54) is 13.2 Å². The van der Waals surface area contributed by atoms with Crippen LogP contribution in [0.2, 0.25) is 5.02 Å². The van der Waals surface area contributed by atoms with Gasteiger partial charge in [0.25, 0.3) is 5.91 Å². The summed E-state index contributed by atoms with van der Waals surface area (Å²) in [5.74, 6) is 0.171. The van der Waals surface area contributed by atoms with Gasteiger partial charge in [0.05, 0.1) is 18.6 Å². The van der Waals surface area contributed by atoms with Gasteiger partial charge in [-0.3, -0.25) is 9.59 Å². The number of esters is 1. The van der Waals surface area contributed by atoms with Crippen LogP contribution in [-0.2, 0) is 9.53 Å². The molecule has 6 nitrogen and oxygen atoms in total. The number of benzene rings is 1. The predicted octanol–water partition coefficient (Wildman–Crippen LogP) is 1.40. The lowest BCUT2D eigenvalue weighted by Gasteiger charge is -2.20. The van der Waals surface area contributed by atoms with Gasteiger partial charge in [0.1, 0.15) is 13.2 Å². The Kier molecular flexibility index (Phi) is 4.68. The van der Waals surface area contributed by atoms with Crippen LogP contribution < -0.4 is 14.8 Å². The van der Waals surface area contributed by atoms with Crippen molar-refractivity contribution in [1.29, 1.82) is 0 Å². The van der Waals surface area contributed by atoms with Crippen LogP contribution in [0.5, 0.6) is 11.5 Å². The van der Waals surface area contributed by atoms with Crippen LogP contribution in [0.4, 0.5) is 0 Å². The van der Waals surface area contributed by atoms with Gasteiger partial charge >= 0.3 is 5.97 Å². The number of rotatable bonds is 4. The topological polar surface area (TPSA) is 73.9 Å². The fraction of sp³-hybridized carbons (Fsp3) is 0.385. The number of amides is 1. The zero-order chi connectivity index (χ0) is 14.5. The lowest BCUT2D eigenvalue weighted by Crippen LogP contribution is -2.26. The maximum absolute atomic E-state index is 11.9. The Hall–Kier alpha value is -1.95. The molecule has 0 spiro atoms. The van der Waals surface area contributed by atoms with Crippen molar-refractivity contribution in [1.82, 2.24) is 5.32 Å². The summed E-state index contributed by atoms with van der Waals surface area (Å²) in [6.45, 7) is 1.03. The quantitative estimate of drug-likeness (QED) is 0.851. The van der Waals surface area contributed by atoms with E-state index in [2.05, 4.69) is 10.1 Å². The van der Waals surface area contributed by atoms with Gasteiger partial charge in [-0.2, -0.15) is 0 Å². The molecule has 0 bridgehead atoms. The van der Waals surface area contributed by atoms with Gasteiger partial charge in [-0.05, 0) is 12.1 Å². The first-order valence-corrected chi connectivity index (χ1v) is 6.43. The smallest absolute Gasteiger partial charge is 0.307 e. The molecule has 0 saturated carbocycles. The van der Waals surface area contributed by atoms with Crippen LogP contribution in [0.15, 0.2) is 12.1 Å². The molecule has 2 rings (SSSR count). The van der Waals surface area contributed by atoms with Crippen LogP contribution >= 0.6 is 11.6 Å². The summed E-state index contributed by atoms with van der Waals surface area (Å²) < 4.78 is 15.2. The van der Waals surface area contributed by atoms with Crippen LogP contribution in [0.3, 0.4) is 0 Å². The summed E-state index contributed by atoms with van der Waals surface area (Å²) in [7, 11) is 1.30. The summed E-state index contributed by atoms with van der Waals surface area (Å²) in [5.41, 5.74) is 0.351. The second-order valence-corrected chi connectivity index (χ2v) is 4.47. The molecule has 1 aromatic carbocycles. The molecule has 1 heterocycles. The van der Waals surface area contributed by atoms with E-state index in [1.54, 1.807) is 6.07 Å². The average molecular weight is 300 g/mol. The molecule has 0 fully saturated rings. The van der Waals surface area contributed by atoms with Gasteiger partial charge in [-0.15, -0.1) is 0 Å². The SMILES string of the molecule is COC(=O)CCNC(=O)c1cc(Cl)c2c(c1)OCCO2. The van der Waals surface area contributed by atoms with Crippen LogP contribution in [0.1, 0.15) is 16.8 Å². The third-order valence-corrected chi connectivity index (χ3v) is 2.98. The number of methoxy groups -OCH3 is 1. The molecule has 1 amide bonds. The van der Waals surface area contributed by atoms with Crippen LogP contribution in [0, 0.1) is 0 Å². The second kappa shape index (κ2) is 6.47. The van der Waals surface area contributed by atoms with Crippen LogP contribution in [-0.4, -0.2) is 38.7 Å². The fourth-order valence-corrected chi connectivity index (χ4v) is 1.99. The molecule has 0 saturated heterocycles. The third-order valence-electron chi connectivity index (χ3n) is 2.70. The van der Waals surface area contributed by atoms with Crippen molar-refractivity contribution in [3.05, 3.63) is 22.7 Å². The normalized spacial score (nSPS) is 12.7. The van der Waals surface area contributed by atoms with Gasteiger partial charge in [-0.1, -0.05) is 11.6 Å². The number of nitrogens with one attached hydrogen (secondary N) is 1. The first kappa shape index (κ1) is 14.5. The van der Waals surface area contributed by atoms with E-state index < -0.39 is 0 Å². The number of ether oxygens (including phenoxy) is 3. The average Bonchev–Trinajstić information content (AvgIpc) is 2.46. The summed E-state index contributed by atoms with van der Waals surface area (Å²) >= 11 is 6.04. The molecule has 1 aliphatic heterocycles. The minimum atomic E-state index is -0.384. The van der Waals surface area contributed by atoms with Gasteiger partial charge in [0.15, 0.2) is 11.5 Å². The van der Waals surface area contributed by atoms with Crippen molar-refractivity contribution in [3.8, 4) is 11.5 Å². The highest BCUT2D eigenvalue weighted by Crippen LogP contribution is 2.38. The number of hydrogen-bond donors (Lipinski definition) is 1. The Morgan fingerprint density at radius 2 is 2.10 bits per heavy atom. The summed E-state index contributed by atoms with van der Waals surface area (Å²) in [5, 5.41) is 2.92. The Labute approximate surface area is 120 Å². The molecule has 0 radical (unpaired) electrons. The number of carbonyl (C=O) groups is 2. The van der Waals surface area contributed by atoms with E-state index in [0.29, 0.717) is 35.3 Å². The van der Waals surface area contributed by atoms with Gasteiger partial charge in [-0.25, -0.2) is 0 Å². The summed E-state index contributed by atoms with van der Waals surface area (Å²) in [4.78, 5) is 22.9. The standard InChI is InChI=1S/C13H14ClNO5/c1-18-11(16)2-3-15-13(17)8-6-9(14)12-10(7-8)19-4-5-20-12/h6-7H,2-5H2,1H3,(H,15,17). The third kappa shape index (κ3) is 3.33. The molecule has 20 heavy (non-hydrogen) atoms. The van der Waals surface area contributed by atoms with E-state index in [0.717, 1.165) is 0 Å². The largest absolute Gasteiger partial charge is 0.486 e. The van der Waals surface area contributed by atoms with Gasteiger partial charge in [0, 0.05) is 12.1 Å². The Bertz CT molecular complexity index is 532. The Balaban J connectivity index is 2.03. The van der Waals surface area contributed by atoms with Gasteiger partial charge < -0.3 is 19.5 Å². The maximum Gasteiger partial charge on any atom is 0.307 e. The van der Waals surface area contributed by atoms with E-state index in [1.807, 2.05) is 0 Å². The Morgan fingerprint density at radius 3 is 2.85 bits per heavy atom. The van der Waals surface area contributed by atoms with Crippen molar-refractivity contribution in [3.63, 3.8) is 0 Å². The fourth-order valence-electron chi connectivity index (χ4n) is 1.72. The second-order valence-electron chi connectivity index (χ2n) is 4.06. The van der Waals surface area contributed by atoms with Crippen molar-refractivity contribution < 1.29 is 23.8 Å². The minimum Gasteiger partial charge on any atom is -0.486 e. The monoisotopic (exact) mass is 299 g/mol. The molecule has 0 aliphatic carbocycles. The first-order valence-electron chi connectivity index (χ1n) is 6.06. The van der Waals surface area contributed by atoms with Crippen molar-refractivity contribution in [2.45, 2.75) is 6.42 Å². The van der Waals surface area contributed by atoms with E-state index >= 15 is 0 Å².